The van der Waals surface area contributed by atoms with Gasteiger partial charge < -0.3 is 5.32 Å². The second kappa shape index (κ2) is 5.52. The molecule has 1 heterocycles. The number of halogens is 4. The van der Waals surface area contributed by atoms with Crippen molar-refractivity contribution in [2.75, 3.05) is 5.32 Å². The minimum absolute atomic E-state index is 0.177. The lowest BCUT2D eigenvalue weighted by molar-refractivity contribution is -0.137. The number of alkyl halides is 3. The predicted molar refractivity (Wildman–Crippen MR) is 66.6 cm³/mol. The first-order valence-electron chi connectivity index (χ1n) is 6.02. The smallest absolute Gasteiger partial charge is 0.378 e. The van der Waals surface area contributed by atoms with Gasteiger partial charge in [-0.3, -0.25) is 4.68 Å². The van der Waals surface area contributed by atoms with Crippen LogP contribution in [0.3, 0.4) is 0 Å². The van der Waals surface area contributed by atoms with Gasteiger partial charge in [-0.25, -0.2) is 4.39 Å². The topological polar surface area (TPSA) is 29.9 Å². The molecule has 0 saturated heterocycles. The summed E-state index contributed by atoms with van der Waals surface area (Å²) in [7, 11) is 0. The van der Waals surface area contributed by atoms with Crippen LogP contribution in [0.15, 0.2) is 30.6 Å². The average Bonchev–Trinajstić information content (AvgIpc) is 2.84. The van der Waals surface area contributed by atoms with Crippen LogP contribution in [0.25, 0.3) is 0 Å². The minimum atomic E-state index is -4.49. The summed E-state index contributed by atoms with van der Waals surface area (Å²) in [6.45, 7) is 2.81. The molecular weight excluding hydrogens is 274 g/mol. The molecule has 1 aromatic heterocycles. The van der Waals surface area contributed by atoms with Crippen LogP contribution in [0.4, 0.5) is 23.2 Å². The van der Waals surface area contributed by atoms with Gasteiger partial charge in [0.15, 0.2) is 0 Å². The molecule has 20 heavy (non-hydrogen) atoms. The Bertz CT molecular complexity index is 590. The molecule has 0 fully saturated rings. The van der Waals surface area contributed by atoms with E-state index in [9.17, 15) is 17.6 Å². The average molecular weight is 287 g/mol. The number of anilines is 1. The van der Waals surface area contributed by atoms with E-state index in [1.54, 1.807) is 17.1 Å². The Morgan fingerprint density at radius 2 is 2.05 bits per heavy atom. The number of aromatic nitrogens is 2. The fourth-order valence-corrected chi connectivity index (χ4v) is 1.70. The number of nitrogens with one attached hydrogen (secondary N) is 1. The molecule has 0 unspecified atom stereocenters. The fourth-order valence-electron chi connectivity index (χ4n) is 1.70. The third-order valence-electron chi connectivity index (χ3n) is 2.79. The largest absolute Gasteiger partial charge is 0.416 e. The Morgan fingerprint density at radius 1 is 1.30 bits per heavy atom. The predicted octanol–water partition coefficient (Wildman–Crippen LogP) is 3.67. The van der Waals surface area contributed by atoms with E-state index in [-0.39, 0.29) is 12.2 Å². The molecule has 0 aliphatic rings. The highest BCUT2D eigenvalue weighted by atomic mass is 19.4. The van der Waals surface area contributed by atoms with Crippen molar-refractivity contribution < 1.29 is 17.6 Å². The molecule has 0 bridgehead atoms. The van der Waals surface area contributed by atoms with Crippen molar-refractivity contribution in [1.82, 2.24) is 9.78 Å². The SMILES string of the molecule is CCn1cc(CNc2cc(C(F)(F)F)ccc2F)cn1. The Balaban J connectivity index is 2.12. The summed E-state index contributed by atoms with van der Waals surface area (Å²) in [4.78, 5) is 0. The van der Waals surface area contributed by atoms with Crippen molar-refractivity contribution in [1.29, 1.82) is 0 Å². The van der Waals surface area contributed by atoms with Crippen LogP contribution < -0.4 is 5.32 Å². The van der Waals surface area contributed by atoms with Gasteiger partial charge >= 0.3 is 6.18 Å². The van der Waals surface area contributed by atoms with Crippen molar-refractivity contribution in [3.63, 3.8) is 0 Å². The Hall–Kier alpha value is -2.05. The number of hydrogen-bond donors (Lipinski definition) is 1. The summed E-state index contributed by atoms with van der Waals surface area (Å²) in [5.41, 5.74) is -0.293. The van der Waals surface area contributed by atoms with E-state index in [2.05, 4.69) is 10.4 Å². The molecule has 108 valence electrons. The van der Waals surface area contributed by atoms with Gasteiger partial charge in [-0.05, 0) is 25.1 Å². The van der Waals surface area contributed by atoms with E-state index in [1.165, 1.54) is 0 Å². The van der Waals surface area contributed by atoms with Crippen molar-refractivity contribution in [2.24, 2.45) is 0 Å². The van der Waals surface area contributed by atoms with Crippen molar-refractivity contribution >= 4 is 5.69 Å². The molecule has 2 rings (SSSR count). The Morgan fingerprint density at radius 3 is 2.65 bits per heavy atom. The number of rotatable bonds is 4. The van der Waals surface area contributed by atoms with E-state index in [1.807, 2.05) is 6.92 Å². The number of benzene rings is 1. The lowest BCUT2D eigenvalue weighted by Gasteiger charge is -2.11. The van der Waals surface area contributed by atoms with E-state index in [0.717, 1.165) is 23.8 Å². The lowest BCUT2D eigenvalue weighted by atomic mass is 10.2. The second-order valence-corrected chi connectivity index (χ2v) is 4.25. The monoisotopic (exact) mass is 287 g/mol. The van der Waals surface area contributed by atoms with Crippen LogP contribution >= 0.6 is 0 Å². The maximum Gasteiger partial charge on any atom is 0.416 e. The van der Waals surface area contributed by atoms with Gasteiger partial charge in [0.05, 0.1) is 17.4 Å². The summed E-state index contributed by atoms with van der Waals surface area (Å²) in [5, 5.41) is 6.68. The molecule has 1 N–H and O–H groups in total. The Kier molecular flexibility index (Phi) is 3.96. The summed E-state index contributed by atoms with van der Waals surface area (Å²) in [6.07, 6.45) is -1.16. The minimum Gasteiger partial charge on any atom is -0.378 e. The normalized spacial score (nSPS) is 11.7. The molecule has 7 heteroatoms. The summed E-state index contributed by atoms with van der Waals surface area (Å²) < 4.78 is 52.8. The van der Waals surface area contributed by atoms with Gasteiger partial charge in [0.25, 0.3) is 0 Å². The van der Waals surface area contributed by atoms with Crippen LogP contribution in [0.5, 0.6) is 0 Å². The van der Waals surface area contributed by atoms with Gasteiger partial charge in [0, 0.05) is 24.8 Å². The van der Waals surface area contributed by atoms with Crippen molar-refractivity contribution in [3.05, 3.63) is 47.5 Å². The van der Waals surface area contributed by atoms with Gasteiger partial charge in [-0.2, -0.15) is 18.3 Å². The Labute approximate surface area is 113 Å². The molecule has 0 aliphatic carbocycles. The van der Waals surface area contributed by atoms with Crippen molar-refractivity contribution in [2.45, 2.75) is 26.2 Å². The van der Waals surface area contributed by atoms with Gasteiger partial charge in [0.1, 0.15) is 5.82 Å². The van der Waals surface area contributed by atoms with Crippen molar-refractivity contribution in [3.8, 4) is 0 Å². The summed E-state index contributed by atoms with van der Waals surface area (Å²) in [6, 6.07) is 2.29. The molecule has 0 spiro atoms. The van der Waals surface area contributed by atoms with Crippen LogP contribution in [0.1, 0.15) is 18.1 Å². The molecule has 0 atom stereocenters. The zero-order valence-corrected chi connectivity index (χ0v) is 10.7. The summed E-state index contributed by atoms with van der Waals surface area (Å²) >= 11 is 0. The zero-order valence-electron chi connectivity index (χ0n) is 10.7. The molecule has 3 nitrogen and oxygen atoms in total. The molecule has 0 amide bonds. The molecule has 2 aromatic rings. The van der Waals surface area contributed by atoms with E-state index >= 15 is 0 Å². The van der Waals surface area contributed by atoms with E-state index < -0.39 is 17.6 Å². The molecular formula is C13H13F4N3. The first-order chi connectivity index (χ1) is 9.40. The highest BCUT2D eigenvalue weighted by molar-refractivity contribution is 5.48. The number of hydrogen-bond acceptors (Lipinski definition) is 2. The van der Waals surface area contributed by atoms with E-state index in [4.69, 9.17) is 0 Å². The van der Waals surface area contributed by atoms with Crippen LogP contribution in [-0.4, -0.2) is 9.78 Å². The molecule has 0 saturated carbocycles. The number of nitrogens with zero attached hydrogens (tertiary/aromatic N) is 2. The van der Waals surface area contributed by atoms with Crippen LogP contribution in [-0.2, 0) is 19.3 Å². The highest BCUT2D eigenvalue weighted by Crippen LogP contribution is 2.31. The number of aryl methyl sites for hydroxylation is 1. The maximum absolute atomic E-state index is 13.5. The van der Waals surface area contributed by atoms with Gasteiger partial charge in [0.2, 0.25) is 0 Å². The van der Waals surface area contributed by atoms with Gasteiger partial charge in [-0.1, -0.05) is 0 Å². The van der Waals surface area contributed by atoms with Crippen LogP contribution in [0.2, 0.25) is 0 Å². The third-order valence-corrected chi connectivity index (χ3v) is 2.79. The second-order valence-electron chi connectivity index (χ2n) is 4.25. The maximum atomic E-state index is 13.5. The lowest BCUT2D eigenvalue weighted by Crippen LogP contribution is -2.07. The van der Waals surface area contributed by atoms with Gasteiger partial charge in [-0.15, -0.1) is 0 Å². The zero-order chi connectivity index (χ0) is 14.8. The van der Waals surface area contributed by atoms with Crippen LogP contribution in [0, 0.1) is 5.82 Å². The third kappa shape index (κ3) is 3.28. The molecule has 0 aliphatic heterocycles. The standard InChI is InChI=1S/C13H13F4N3/c1-2-20-8-9(7-19-20)6-18-12-5-10(13(15,16)17)3-4-11(12)14/h3-5,7-8,18H,2,6H2,1H3. The quantitative estimate of drug-likeness (QED) is 0.869. The fraction of sp³-hybridized carbons (Fsp3) is 0.308. The first-order valence-corrected chi connectivity index (χ1v) is 6.02. The molecule has 0 radical (unpaired) electrons. The highest BCUT2D eigenvalue weighted by Gasteiger charge is 2.31. The first kappa shape index (κ1) is 14.4. The molecule has 1 aromatic carbocycles. The summed E-state index contributed by atoms with van der Waals surface area (Å²) in [5.74, 6) is -0.721. The van der Waals surface area contributed by atoms with E-state index in [0.29, 0.717) is 6.54 Å².